The van der Waals surface area contributed by atoms with Crippen LogP contribution in [0.15, 0.2) is 0 Å². The molecule has 62 valence electrons. The summed E-state index contributed by atoms with van der Waals surface area (Å²) in [6.07, 6.45) is 0. The van der Waals surface area contributed by atoms with Crippen molar-refractivity contribution in [2.45, 2.75) is 0 Å². The van der Waals surface area contributed by atoms with Gasteiger partial charge in [0, 0.05) is 0 Å². The molecule has 0 rings (SSSR count). The van der Waals surface area contributed by atoms with Gasteiger partial charge in [0.25, 0.3) is 0 Å². The molecule has 0 spiro atoms. The Morgan fingerprint density at radius 2 is 0.800 bits per heavy atom. The van der Waals surface area contributed by atoms with Gasteiger partial charge in [0.1, 0.15) is 0 Å². The SMILES string of the molecule is C[N+](C)(C)NN[N+](C)(C)C. The summed E-state index contributed by atoms with van der Waals surface area (Å²) in [5, 5.41) is 0. The third-order valence-corrected chi connectivity index (χ3v) is 0.721. The highest BCUT2D eigenvalue weighted by Gasteiger charge is 2.11. The van der Waals surface area contributed by atoms with Gasteiger partial charge in [-0.25, -0.2) is 9.18 Å². The molecule has 0 atom stereocenters. The first-order valence-electron chi connectivity index (χ1n) is 3.38. The summed E-state index contributed by atoms with van der Waals surface area (Å²) in [5.74, 6) is 0. The van der Waals surface area contributed by atoms with E-state index in [0.29, 0.717) is 9.18 Å². The average molecular weight is 148 g/mol. The van der Waals surface area contributed by atoms with Crippen LogP contribution in [-0.4, -0.2) is 51.5 Å². The number of nitrogens with one attached hydrogen (secondary N) is 2. The van der Waals surface area contributed by atoms with Gasteiger partial charge in [-0.3, -0.25) is 0 Å². The van der Waals surface area contributed by atoms with E-state index in [2.05, 4.69) is 53.4 Å². The molecule has 0 fully saturated rings. The van der Waals surface area contributed by atoms with E-state index in [4.69, 9.17) is 0 Å². The van der Waals surface area contributed by atoms with Gasteiger partial charge < -0.3 is 0 Å². The summed E-state index contributed by atoms with van der Waals surface area (Å²) in [4.78, 5) is 0. The number of quaternary nitrogens is 2. The van der Waals surface area contributed by atoms with Crippen LogP contribution in [0.25, 0.3) is 0 Å². The monoisotopic (exact) mass is 148 g/mol. The standard InChI is InChI=1S/C6H20N4/c1-9(2,3)7-8-10(4,5)6/h7-8H,1-6H3/q+2. The molecule has 2 N–H and O–H groups in total. The minimum absolute atomic E-state index is 0.704. The van der Waals surface area contributed by atoms with Crippen molar-refractivity contribution in [2.24, 2.45) is 0 Å². The van der Waals surface area contributed by atoms with Crippen molar-refractivity contribution in [1.82, 2.24) is 11.1 Å². The van der Waals surface area contributed by atoms with E-state index in [-0.39, 0.29) is 0 Å². The van der Waals surface area contributed by atoms with Gasteiger partial charge in [0.2, 0.25) is 0 Å². The first-order chi connectivity index (χ1) is 4.21. The van der Waals surface area contributed by atoms with E-state index in [1.807, 2.05) is 0 Å². The average Bonchev–Trinajstić information content (AvgIpc) is 1.57. The molecule has 0 aromatic carbocycles. The second-order valence-corrected chi connectivity index (χ2v) is 4.25. The Hall–Kier alpha value is -0.160. The molecule has 0 radical (unpaired) electrons. The second kappa shape index (κ2) is 2.84. The number of hydrogen-bond acceptors (Lipinski definition) is 2. The van der Waals surface area contributed by atoms with Crippen LogP contribution in [0, 0.1) is 0 Å². The lowest BCUT2D eigenvalue weighted by Crippen LogP contribution is -2.64. The lowest BCUT2D eigenvalue weighted by atomic mass is 10.9. The summed E-state index contributed by atoms with van der Waals surface area (Å²) >= 11 is 0. The van der Waals surface area contributed by atoms with Crippen molar-refractivity contribution in [3.8, 4) is 0 Å². The molecule has 0 amide bonds. The summed E-state index contributed by atoms with van der Waals surface area (Å²) in [6.45, 7) is 0. The highest BCUT2D eigenvalue weighted by Crippen LogP contribution is 1.82. The van der Waals surface area contributed by atoms with Crippen LogP contribution in [0.1, 0.15) is 0 Å². The fourth-order valence-corrected chi connectivity index (χ4v) is 0.300. The molecule has 0 unspecified atom stereocenters. The maximum absolute atomic E-state index is 3.12. The first kappa shape index (κ1) is 9.84. The summed E-state index contributed by atoms with van der Waals surface area (Å²) in [5.41, 5.74) is 6.24. The first-order valence-corrected chi connectivity index (χ1v) is 3.38. The van der Waals surface area contributed by atoms with Crippen LogP contribution >= 0.6 is 0 Å². The molecule has 10 heavy (non-hydrogen) atoms. The Kier molecular flexibility index (Phi) is 2.79. The summed E-state index contributed by atoms with van der Waals surface area (Å²) in [6, 6.07) is 0. The van der Waals surface area contributed by atoms with E-state index in [9.17, 15) is 0 Å². The smallest absolute Gasteiger partial charge is 0.0867 e. The zero-order chi connectivity index (χ0) is 8.41. The van der Waals surface area contributed by atoms with E-state index < -0.39 is 0 Å². The number of hydrazine groups is 1. The zero-order valence-corrected chi connectivity index (χ0v) is 7.89. The van der Waals surface area contributed by atoms with Crippen molar-refractivity contribution in [3.05, 3.63) is 0 Å². The third kappa shape index (κ3) is 7.84. The number of nitrogens with zero attached hydrogens (tertiary/aromatic N) is 2. The Labute approximate surface area is 63.5 Å². The molecule has 0 saturated heterocycles. The van der Waals surface area contributed by atoms with E-state index in [0.717, 1.165) is 0 Å². The highest BCUT2D eigenvalue weighted by atomic mass is 15.9. The van der Waals surface area contributed by atoms with Crippen LogP contribution < -0.4 is 11.1 Å². The molecule has 0 aliphatic rings. The summed E-state index contributed by atoms with van der Waals surface area (Å²) in [7, 11) is 12.3. The second-order valence-electron chi connectivity index (χ2n) is 4.25. The Bertz CT molecular complexity index is 83.3. The molecule has 4 heteroatoms. The predicted octanol–water partition coefficient (Wildman–Crippen LogP) is -0.677. The fraction of sp³-hybridized carbons (Fsp3) is 1.00. The van der Waals surface area contributed by atoms with Gasteiger partial charge >= 0.3 is 0 Å². The van der Waals surface area contributed by atoms with E-state index in [1.165, 1.54) is 0 Å². The largest absolute Gasteiger partial charge is 0.235 e. The van der Waals surface area contributed by atoms with E-state index in [1.54, 1.807) is 0 Å². The molecule has 0 aliphatic heterocycles. The fourth-order valence-electron chi connectivity index (χ4n) is 0.300. The van der Waals surface area contributed by atoms with Gasteiger partial charge in [-0.15, -0.1) is 0 Å². The van der Waals surface area contributed by atoms with Crippen molar-refractivity contribution in [2.75, 3.05) is 42.3 Å². The Morgan fingerprint density at radius 3 is 0.900 bits per heavy atom. The minimum atomic E-state index is 0.704. The van der Waals surface area contributed by atoms with Crippen LogP contribution in [0.5, 0.6) is 0 Å². The Morgan fingerprint density at radius 1 is 0.600 bits per heavy atom. The predicted molar refractivity (Wildman–Crippen MR) is 42.3 cm³/mol. The molecule has 0 aromatic rings. The van der Waals surface area contributed by atoms with Gasteiger partial charge in [-0.2, -0.15) is 0 Å². The molecule has 4 nitrogen and oxygen atoms in total. The summed E-state index contributed by atoms with van der Waals surface area (Å²) < 4.78 is 1.41. The quantitative estimate of drug-likeness (QED) is 0.409. The van der Waals surface area contributed by atoms with Crippen LogP contribution in [0.3, 0.4) is 0 Å². The molecule has 0 bridgehead atoms. The highest BCUT2D eigenvalue weighted by molar-refractivity contribution is 3.98. The topological polar surface area (TPSA) is 24.1 Å². The lowest BCUT2D eigenvalue weighted by molar-refractivity contribution is -0.998. The van der Waals surface area contributed by atoms with Crippen molar-refractivity contribution in [3.63, 3.8) is 0 Å². The Balaban J connectivity index is 3.56. The molecule has 0 saturated carbocycles. The molecule has 0 aromatic heterocycles. The molecular weight excluding hydrogens is 128 g/mol. The van der Waals surface area contributed by atoms with Gasteiger partial charge in [0.15, 0.2) is 0 Å². The van der Waals surface area contributed by atoms with Crippen LogP contribution in [0.2, 0.25) is 0 Å². The minimum Gasteiger partial charge on any atom is -0.235 e. The lowest BCUT2D eigenvalue weighted by Gasteiger charge is -2.30. The maximum Gasteiger partial charge on any atom is 0.0867 e. The van der Waals surface area contributed by atoms with Crippen LogP contribution in [-0.2, 0) is 0 Å². The third-order valence-electron chi connectivity index (χ3n) is 0.721. The molecule has 0 heterocycles. The molecular formula is C6H20N4+2. The van der Waals surface area contributed by atoms with Gasteiger partial charge in [-0.1, -0.05) is 11.1 Å². The van der Waals surface area contributed by atoms with E-state index >= 15 is 0 Å². The van der Waals surface area contributed by atoms with Gasteiger partial charge in [-0.05, 0) is 0 Å². The normalized spacial score (nSPS) is 13.8. The number of hydrogen-bond donors (Lipinski definition) is 2. The van der Waals surface area contributed by atoms with Crippen molar-refractivity contribution in [1.29, 1.82) is 0 Å². The maximum atomic E-state index is 3.12. The van der Waals surface area contributed by atoms with Gasteiger partial charge in [0.05, 0.1) is 42.3 Å². The van der Waals surface area contributed by atoms with Crippen molar-refractivity contribution >= 4 is 0 Å². The number of rotatable bonds is 3. The zero-order valence-electron chi connectivity index (χ0n) is 7.89. The van der Waals surface area contributed by atoms with Crippen LogP contribution in [0.4, 0.5) is 0 Å². The van der Waals surface area contributed by atoms with Crippen molar-refractivity contribution < 1.29 is 9.18 Å². The molecule has 0 aliphatic carbocycles.